The average molecular weight is 513 g/mol. The molecule has 2 bridgehead atoms. The maximum Gasteiger partial charge on any atom is 0.185 e. The topological polar surface area (TPSA) is 87.1 Å². The van der Waals surface area contributed by atoms with Crippen molar-refractivity contribution in [3.8, 4) is 28.3 Å². The van der Waals surface area contributed by atoms with E-state index in [1.54, 1.807) is 24.4 Å². The summed E-state index contributed by atoms with van der Waals surface area (Å²) >= 11 is 1.41. The molecule has 0 spiro atoms. The molecule has 0 unspecified atom stereocenters. The minimum atomic E-state index is -1.06. The lowest BCUT2D eigenvalue weighted by atomic mass is 9.68. The molecule has 5 rings (SSSR count). The lowest BCUT2D eigenvalue weighted by molar-refractivity contribution is 0.00193. The Balaban J connectivity index is 1.38. The second-order valence-corrected chi connectivity index (χ2v) is 11.1. The molecule has 2 fully saturated rings. The molecule has 10 heteroatoms. The first-order chi connectivity index (χ1) is 17.1. The number of phenolic OH excluding ortho intramolecular Hbond substituents is 1. The highest BCUT2D eigenvalue weighted by Crippen LogP contribution is 2.43. The van der Waals surface area contributed by atoms with E-state index in [0.717, 1.165) is 19.3 Å². The Hall–Kier alpha value is -2.85. The van der Waals surface area contributed by atoms with Crippen LogP contribution >= 0.6 is 11.8 Å². The average Bonchev–Trinajstić information content (AvgIpc) is 2.86. The monoisotopic (exact) mass is 512 g/mol. The van der Waals surface area contributed by atoms with Crippen LogP contribution in [-0.2, 0) is 0 Å². The number of nitrogens with zero attached hydrogens (tertiary/aromatic N) is 5. The SMILES string of the molecule is CSc1cc(-c2ccc(-c3ncc(N(C)[C@H]4C[C@]5(C)CCC[C@@](C)(N5)[C@H]4F)nn3)c(O)c2)c(F)cn1. The van der Waals surface area contributed by atoms with Crippen LogP contribution < -0.4 is 10.2 Å². The van der Waals surface area contributed by atoms with E-state index >= 15 is 4.39 Å². The molecule has 4 atom stereocenters. The Kier molecular flexibility index (Phi) is 6.36. The van der Waals surface area contributed by atoms with Crippen molar-refractivity contribution in [2.75, 3.05) is 18.2 Å². The Labute approximate surface area is 213 Å². The molecule has 4 heterocycles. The number of alkyl halides is 1. The standard InChI is InChI=1S/C26H30F2N6OS/c1-25-8-5-9-26(2,33-25)23(28)19(12-25)34(3)21-14-30-24(32-31-21)16-7-6-15(10-20(16)35)17-11-22(36-4)29-13-18(17)27/h6-7,10-11,13-14,19,23,33,35H,5,8-9,12H2,1-4H3/t19-,23-,25-,26+/m0/s1. The Morgan fingerprint density at radius 2 is 1.92 bits per heavy atom. The normalized spacial score (nSPS) is 27.6. The summed E-state index contributed by atoms with van der Waals surface area (Å²) in [5, 5.41) is 23.4. The molecule has 190 valence electrons. The molecule has 0 radical (unpaired) electrons. The van der Waals surface area contributed by atoms with Gasteiger partial charge < -0.3 is 15.3 Å². The molecule has 0 aliphatic carbocycles. The molecule has 2 N–H and O–H groups in total. The van der Waals surface area contributed by atoms with Gasteiger partial charge in [0.25, 0.3) is 0 Å². The second-order valence-electron chi connectivity index (χ2n) is 10.3. The number of thioether (sulfide) groups is 1. The summed E-state index contributed by atoms with van der Waals surface area (Å²) in [6, 6.07) is 6.10. The lowest BCUT2D eigenvalue weighted by Crippen LogP contribution is -2.72. The van der Waals surface area contributed by atoms with Gasteiger partial charge >= 0.3 is 0 Å². The summed E-state index contributed by atoms with van der Waals surface area (Å²) in [6.45, 7) is 4.13. The third kappa shape index (κ3) is 4.41. The molecular formula is C26H30F2N6OS. The number of benzene rings is 1. The third-order valence-corrected chi connectivity index (χ3v) is 8.26. The van der Waals surface area contributed by atoms with Crippen molar-refractivity contribution in [1.29, 1.82) is 0 Å². The highest BCUT2D eigenvalue weighted by molar-refractivity contribution is 7.98. The summed E-state index contributed by atoms with van der Waals surface area (Å²) in [5.74, 6) is 0.140. The van der Waals surface area contributed by atoms with Crippen LogP contribution in [0.5, 0.6) is 5.75 Å². The summed E-state index contributed by atoms with van der Waals surface area (Å²) in [5.41, 5.74) is 0.557. The lowest BCUT2D eigenvalue weighted by Gasteiger charge is -2.56. The Morgan fingerprint density at radius 3 is 2.61 bits per heavy atom. The van der Waals surface area contributed by atoms with Gasteiger partial charge in [-0.05, 0) is 69.5 Å². The van der Waals surface area contributed by atoms with E-state index in [4.69, 9.17) is 0 Å². The van der Waals surface area contributed by atoms with Crippen LogP contribution in [0.1, 0.15) is 39.5 Å². The van der Waals surface area contributed by atoms with Gasteiger partial charge in [0, 0.05) is 23.7 Å². The fourth-order valence-electron chi connectivity index (χ4n) is 5.71. The van der Waals surface area contributed by atoms with Crippen molar-refractivity contribution in [2.24, 2.45) is 0 Å². The Bertz CT molecular complexity index is 1280. The van der Waals surface area contributed by atoms with Crippen molar-refractivity contribution in [2.45, 2.75) is 67.8 Å². The van der Waals surface area contributed by atoms with Gasteiger partial charge in [0.2, 0.25) is 0 Å². The predicted octanol–water partition coefficient (Wildman–Crippen LogP) is 5.00. The third-order valence-electron chi connectivity index (χ3n) is 7.62. The van der Waals surface area contributed by atoms with E-state index in [0.29, 0.717) is 34.0 Å². The van der Waals surface area contributed by atoms with Gasteiger partial charge in [0.15, 0.2) is 11.6 Å². The first-order valence-corrected chi connectivity index (χ1v) is 13.2. The summed E-state index contributed by atoms with van der Waals surface area (Å²) in [6.07, 6.45) is 7.02. The number of hydrogen-bond donors (Lipinski definition) is 2. The highest BCUT2D eigenvalue weighted by Gasteiger charge is 2.53. The number of anilines is 1. The van der Waals surface area contributed by atoms with Gasteiger partial charge in [-0.3, -0.25) is 0 Å². The van der Waals surface area contributed by atoms with Gasteiger partial charge in [-0.1, -0.05) is 6.07 Å². The van der Waals surface area contributed by atoms with Crippen molar-refractivity contribution < 1.29 is 13.9 Å². The van der Waals surface area contributed by atoms with Crippen molar-refractivity contribution in [3.63, 3.8) is 0 Å². The number of rotatable bonds is 5. The zero-order chi connectivity index (χ0) is 25.7. The minimum absolute atomic E-state index is 0.0897. The van der Waals surface area contributed by atoms with Crippen molar-refractivity contribution in [1.82, 2.24) is 25.5 Å². The summed E-state index contributed by atoms with van der Waals surface area (Å²) < 4.78 is 30.0. The highest BCUT2D eigenvalue weighted by atomic mass is 32.2. The molecule has 36 heavy (non-hydrogen) atoms. The van der Waals surface area contributed by atoms with Gasteiger partial charge in [0.05, 0.1) is 29.0 Å². The summed E-state index contributed by atoms with van der Waals surface area (Å²) in [4.78, 5) is 10.3. The van der Waals surface area contributed by atoms with Crippen molar-refractivity contribution >= 4 is 17.6 Å². The number of aromatic hydroxyl groups is 1. The number of nitrogens with one attached hydrogen (secondary N) is 1. The van der Waals surface area contributed by atoms with Crippen LogP contribution in [-0.4, -0.2) is 61.9 Å². The smallest absolute Gasteiger partial charge is 0.185 e. The fourth-order valence-corrected chi connectivity index (χ4v) is 6.10. The quantitative estimate of drug-likeness (QED) is 0.462. The zero-order valence-electron chi connectivity index (χ0n) is 20.8. The molecule has 2 aliphatic rings. The number of halogens is 2. The number of fused-ring (bicyclic) bond motifs is 2. The van der Waals surface area contributed by atoms with Gasteiger partial charge in [-0.15, -0.1) is 22.0 Å². The molecule has 7 nitrogen and oxygen atoms in total. The van der Waals surface area contributed by atoms with Crippen LogP contribution in [0.4, 0.5) is 14.6 Å². The van der Waals surface area contributed by atoms with Crippen LogP contribution in [0.15, 0.2) is 41.7 Å². The molecule has 1 aromatic carbocycles. The van der Waals surface area contributed by atoms with Crippen LogP contribution in [0, 0.1) is 5.82 Å². The molecule has 3 aromatic rings. The molecular weight excluding hydrogens is 482 g/mol. The van der Waals surface area contributed by atoms with E-state index in [2.05, 4.69) is 32.4 Å². The molecule has 2 aromatic heterocycles. The van der Waals surface area contributed by atoms with Crippen LogP contribution in [0.25, 0.3) is 22.5 Å². The predicted molar refractivity (Wildman–Crippen MR) is 137 cm³/mol. The fraction of sp³-hybridized carbons (Fsp3) is 0.462. The molecule has 2 aliphatic heterocycles. The van der Waals surface area contributed by atoms with E-state index in [-0.39, 0.29) is 23.2 Å². The number of pyridine rings is 1. The van der Waals surface area contributed by atoms with Gasteiger partial charge in [-0.2, -0.15) is 0 Å². The number of hydrogen-bond acceptors (Lipinski definition) is 8. The van der Waals surface area contributed by atoms with Crippen LogP contribution in [0.2, 0.25) is 0 Å². The maximum absolute atomic E-state index is 15.6. The minimum Gasteiger partial charge on any atom is -0.507 e. The van der Waals surface area contributed by atoms with Crippen LogP contribution in [0.3, 0.4) is 0 Å². The Morgan fingerprint density at radius 1 is 1.11 bits per heavy atom. The van der Waals surface area contributed by atoms with E-state index in [9.17, 15) is 9.50 Å². The number of phenols is 1. The van der Waals surface area contributed by atoms with Crippen molar-refractivity contribution in [3.05, 3.63) is 42.5 Å². The molecule has 0 saturated carbocycles. The maximum atomic E-state index is 15.6. The number of aromatic nitrogens is 4. The molecule has 2 saturated heterocycles. The van der Waals surface area contributed by atoms with Gasteiger partial charge in [0.1, 0.15) is 17.7 Å². The van der Waals surface area contributed by atoms with E-state index in [1.807, 2.05) is 25.1 Å². The first-order valence-electron chi connectivity index (χ1n) is 12.0. The second kappa shape index (κ2) is 9.23. The van der Waals surface area contributed by atoms with E-state index < -0.39 is 17.5 Å². The number of piperidine rings is 2. The first kappa shape index (κ1) is 24.8. The van der Waals surface area contributed by atoms with Gasteiger partial charge in [-0.25, -0.2) is 18.7 Å². The van der Waals surface area contributed by atoms with E-state index in [1.165, 1.54) is 24.0 Å². The molecule has 0 amide bonds. The largest absolute Gasteiger partial charge is 0.507 e. The summed E-state index contributed by atoms with van der Waals surface area (Å²) in [7, 11) is 1.83. The zero-order valence-corrected chi connectivity index (χ0v) is 21.6.